The van der Waals surface area contributed by atoms with Crippen LogP contribution in [0.2, 0.25) is 0 Å². The van der Waals surface area contributed by atoms with Crippen LogP contribution in [0.1, 0.15) is 0 Å². The number of benzene rings is 2. The van der Waals surface area contributed by atoms with Crippen LogP contribution in [0, 0.1) is 0 Å². The zero-order valence-corrected chi connectivity index (χ0v) is 15.7. The zero-order valence-electron chi connectivity index (χ0n) is 15.7. The van der Waals surface area contributed by atoms with E-state index in [2.05, 4.69) is 37.1 Å². The number of hydrogen-bond donors (Lipinski definition) is 1. The van der Waals surface area contributed by atoms with Crippen LogP contribution in [0.15, 0.2) is 53.5 Å². The second-order valence-corrected chi connectivity index (χ2v) is 6.85. The molecule has 1 N–H and O–H groups in total. The highest BCUT2D eigenvalue weighted by Crippen LogP contribution is 2.41. The van der Waals surface area contributed by atoms with Gasteiger partial charge in [0.15, 0.2) is 17.3 Å². The molecular weight excluding hydrogens is 370 g/mol. The first-order chi connectivity index (χ1) is 14.3. The predicted molar refractivity (Wildman–Crippen MR) is 109 cm³/mol. The third-order valence-electron chi connectivity index (χ3n) is 5.24. The summed E-state index contributed by atoms with van der Waals surface area (Å²) in [6.07, 6.45) is 1.67. The highest BCUT2D eigenvalue weighted by Gasteiger charge is 2.25. The molecule has 2 aliphatic rings. The van der Waals surface area contributed by atoms with Gasteiger partial charge in [-0.15, -0.1) is 0 Å². The van der Waals surface area contributed by atoms with Crippen molar-refractivity contribution in [2.24, 2.45) is 4.99 Å². The number of fused-ring (bicyclic) bond motifs is 1. The van der Waals surface area contributed by atoms with E-state index >= 15 is 0 Å². The molecule has 1 fully saturated rings. The minimum Gasteiger partial charge on any atom is -0.454 e. The highest BCUT2D eigenvalue weighted by atomic mass is 16.7. The monoisotopic (exact) mass is 389 g/mol. The molecule has 2 aromatic carbocycles. The van der Waals surface area contributed by atoms with Crippen molar-refractivity contribution in [1.82, 2.24) is 10.2 Å². The van der Waals surface area contributed by atoms with Crippen molar-refractivity contribution in [2.75, 3.05) is 42.8 Å². The largest absolute Gasteiger partial charge is 0.454 e. The van der Waals surface area contributed by atoms with Gasteiger partial charge in [0.2, 0.25) is 12.9 Å². The maximum absolute atomic E-state index is 11.1. The fourth-order valence-corrected chi connectivity index (χ4v) is 3.77. The quantitative estimate of drug-likeness (QED) is 0.545. The summed E-state index contributed by atoms with van der Waals surface area (Å²) in [5.74, 6) is 2.02. The fraction of sp³-hybridized carbons (Fsp3) is 0.238. The number of aliphatic imine (C=N–C) groups is 1. The smallest absolute Gasteiger partial charge is 0.240 e. The lowest BCUT2D eigenvalue weighted by Gasteiger charge is -2.36. The van der Waals surface area contributed by atoms with Crippen LogP contribution in [0.3, 0.4) is 0 Å². The second-order valence-electron chi connectivity index (χ2n) is 6.85. The Morgan fingerprint density at radius 3 is 2.52 bits per heavy atom. The lowest BCUT2D eigenvalue weighted by Crippen LogP contribution is -2.46. The number of hydrogen-bond acceptors (Lipinski definition) is 7. The summed E-state index contributed by atoms with van der Waals surface area (Å²) >= 11 is 0. The number of H-pyrrole nitrogens is 1. The summed E-state index contributed by atoms with van der Waals surface area (Å²) in [4.78, 5) is 19.6. The van der Waals surface area contributed by atoms with E-state index in [1.54, 1.807) is 6.08 Å². The van der Waals surface area contributed by atoms with Crippen LogP contribution in [-0.2, 0) is 4.79 Å². The summed E-state index contributed by atoms with van der Waals surface area (Å²) in [6.45, 7) is 3.49. The summed E-state index contributed by atoms with van der Waals surface area (Å²) < 4.78 is 10.8. The molecule has 29 heavy (non-hydrogen) atoms. The van der Waals surface area contributed by atoms with Crippen LogP contribution in [0.5, 0.6) is 11.5 Å². The van der Waals surface area contributed by atoms with Gasteiger partial charge in [-0.25, -0.2) is 4.79 Å². The Bertz CT molecular complexity index is 1070. The Hall–Kier alpha value is -3.77. The molecular formula is C21H19N5O3. The minimum absolute atomic E-state index is 0.206. The van der Waals surface area contributed by atoms with Crippen LogP contribution < -0.4 is 19.3 Å². The van der Waals surface area contributed by atoms with Crippen LogP contribution in [0.25, 0.3) is 11.3 Å². The molecule has 5 rings (SSSR count). The lowest BCUT2D eigenvalue weighted by molar-refractivity contribution is 0.174. The molecule has 0 aliphatic carbocycles. The maximum Gasteiger partial charge on any atom is 0.240 e. The van der Waals surface area contributed by atoms with Gasteiger partial charge in [0.25, 0.3) is 0 Å². The van der Waals surface area contributed by atoms with Crippen molar-refractivity contribution >= 4 is 23.3 Å². The van der Waals surface area contributed by atoms with Gasteiger partial charge in [-0.3, -0.25) is 5.10 Å². The molecule has 1 saturated heterocycles. The van der Waals surface area contributed by atoms with E-state index in [1.807, 2.05) is 36.4 Å². The molecule has 3 aromatic rings. The van der Waals surface area contributed by atoms with Crippen molar-refractivity contribution in [3.8, 4) is 22.8 Å². The molecule has 146 valence electrons. The maximum atomic E-state index is 11.1. The SMILES string of the molecule is O=C=Nc1c(N2CCN(c3ccccc3)CC2)n[nH]c1-c1ccc2c(c1)OCO2. The number of anilines is 2. The number of rotatable bonds is 4. The number of aromatic nitrogens is 2. The number of aromatic amines is 1. The van der Waals surface area contributed by atoms with E-state index < -0.39 is 0 Å². The first-order valence-corrected chi connectivity index (χ1v) is 9.44. The van der Waals surface area contributed by atoms with Gasteiger partial charge in [-0.2, -0.15) is 10.1 Å². The van der Waals surface area contributed by atoms with Gasteiger partial charge >= 0.3 is 0 Å². The molecule has 1 aromatic heterocycles. The van der Waals surface area contributed by atoms with Crippen molar-refractivity contribution in [2.45, 2.75) is 0 Å². The highest BCUT2D eigenvalue weighted by molar-refractivity contribution is 5.83. The summed E-state index contributed by atoms with van der Waals surface area (Å²) in [5, 5.41) is 7.50. The van der Waals surface area contributed by atoms with Crippen molar-refractivity contribution in [1.29, 1.82) is 0 Å². The first kappa shape index (κ1) is 17.3. The molecule has 8 nitrogen and oxygen atoms in total. The van der Waals surface area contributed by atoms with E-state index in [0.717, 1.165) is 31.7 Å². The first-order valence-electron chi connectivity index (χ1n) is 9.44. The molecule has 0 unspecified atom stereocenters. The number of ether oxygens (including phenoxy) is 2. The number of isocyanates is 1. The van der Waals surface area contributed by atoms with Crippen LogP contribution >= 0.6 is 0 Å². The minimum atomic E-state index is 0.206. The Labute approximate surface area is 167 Å². The third-order valence-corrected chi connectivity index (χ3v) is 5.24. The molecule has 0 spiro atoms. The van der Waals surface area contributed by atoms with Crippen molar-refractivity contribution < 1.29 is 14.3 Å². The van der Waals surface area contributed by atoms with Gasteiger partial charge in [0, 0.05) is 37.4 Å². The Morgan fingerprint density at radius 1 is 0.966 bits per heavy atom. The molecule has 0 amide bonds. The average molecular weight is 389 g/mol. The number of nitrogens with one attached hydrogen (secondary N) is 1. The third kappa shape index (κ3) is 3.19. The summed E-state index contributed by atoms with van der Waals surface area (Å²) in [6, 6.07) is 15.9. The number of nitrogens with zero attached hydrogens (tertiary/aromatic N) is 4. The number of para-hydroxylation sites is 1. The summed E-state index contributed by atoms with van der Waals surface area (Å²) in [5.41, 5.74) is 3.19. The molecule has 0 saturated carbocycles. The van der Waals surface area contributed by atoms with Gasteiger partial charge in [-0.05, 0) is 30.3 Å². The molecule has 8 heteroatoms. The van der Waals surface area contributed by atoms with Crippen molar-refractivity contribution in [3.63, 3.8) is 0 Å². The standard InChI is InChI=1S/C21H19N5O3/c27-13-22-20-19(15-6-7-17-18(12-15)29-14-28-17)23-24-21(20)26-10-8-25(9-11-26)16-4-2-1-3-5-16/h1-7,12H,8-11,14H2,(H,23,24). The molecule has 3 heterocycles. The normalized spacial score (nSPS) is 15.3. The predicted octanol–water partition coefficient (Wildman–Crippen LogP) is 3.10. The zero-order chi connectivity index (χ0) is 19.6. The molecule has 0 atom stereocenters. The molecule has 2 aliphatic heterocycles. The Morgan fingerprint density at radius 2 is 1.72 bits per heavy atom. The van der Waals surface area contributed by atoms with Gasteiger partial charge in [-0.1, -0.05) is 18.2 Å². The molecule has 0 radical (unpaired) electrons. The van der Waals surface area contributed by atoms with Gasteiger partial charge in [0.1, 0.15) is 5.69 Å². The number of piperazine rings is 1. The van der Waals surface area contributed by atoms with E-state index in [9.17, 15) is 4.79 Å². The molecule has 0 bridgehead atoms. The topological polar surface area (TPSA) is 83.1 Å². The Balaban J connectivity index is 1.41. The van der Waals surface area contributed by atoms with E-state index in [1.165, 1.54) is 5.69 Å². The van der Waals surface area contributed by atoms with E-state index in [-0.39, 0.29) is 6.79 Å². The fourth-order valence-electron chi connectivity index (χ4n) is 3.77. The van der Waals surface area contributed by atoms with Crippen LogP contribution in [0.4, 0.5) is 17.2 Å². The Kier molecular flexibility index (Phi) is 4.38. The van der Waals surface area contributed by atoms with Crippen LogP contribution in [-0.4, -0.2) is 49.2 Å². The van der Waals surface area contributed by atoms with Crippen molar-refractivity contribution in [3.05, 3.63) is 48.5 Å². The van der Waals surface area contributed by atoms with E-state index in [0.29, 0.717) is 28.7 Å². The van der Waals surface area contributed by atoms with Gasteiger partial charge in [0.05, 0.1) is 5.69 Å². The van der Waals surface area contributed by atoms with Gasteiger partial charge < -0.3 is 19.3 Å². The lowest BCUT2D eigenvalue weighted by atomic mass is 10.1. The average Bonchev–Trinajstić information content (AvgIpc) is 3.41. The van der Waals surface area contributed by atoms with E-state index in [4.69, 9.17) is 9.47 Å². The summed E-state index contributed by atoms with van der Waals surface area (Å²) in [7, 11) is 0. The second kappa shape index (κ2) is 7.33. The number of carbonyl (C=O) groups excluding carboxylic acids is 1.